The molecule has 5 rings (SSSR count). The van der Waals surface area contributed by atoms with Crippen molar-refractivity contribution < 1.29 is 9.90 Å². The maximum Gasteiger partial charge on any atom is 0.223 e. The lowest BCUT2D eigenvalue weighted by molar-refractivity contribution is -0.135. The second-order valence-electron chi connectivity index (χ2n) is 7.34. The van der Waals surface area contributed by atoms with Crippen LogP contribution in [0.2, 0.25) is 0 Å². The number of rotatable bonds is 4. The van der Waals surface area contributed by atoms with Gasteiger partial charge >= 0.3 is 0 Å². The molecule has 1 aromatic rings. The maximum absolute atomic E-state index is 12.8. The molecule has 4 fully saturated rings. The van der Waals surface area contributed by atoms with Gasteiger partial charge in [0, 0.05) is 30.7 Å². The van der Waals surface area contributed by atoms with E-state index >= 15 is 0 Å². The number of hydrogen-bond acceptors (Lipinski definition) is 4. The number of phenols is 1. The van der Waals surface area contributed by atoms with Crippen LogP contribution in [0.3, 0.4) is 0 Å². The summed E-state index contributed by atoms with van der Waals surface area (Å²) in [5.41, 5.74) is 1.18. The van der Waals surface area contributed by atoms with E-state index in [9.17, 15) is 9.90 Å². The number of nitrogens with zero attached hydrogens (tertiary/aromatic N) is 2. The SMILES string of the molecule is CSCCC(=O)N1C[C@H](c2cccc(O)c2)[C@H]2[C@@H]1C1CCN2CC1. The minimum absolute atomic E-state index is 0.316. The molecule has 130 valence electrons. The first-order valence-electron chi connectivity index (χ1n) is 9.00. The molecule has 0 unspecified atom stereocenters. The maximum atomic E-state index is 12.8. The Morgan fingerprint density at radius 1 is 1.29 bits per heavy atom. The van der Waals surface area contributed by atoms with E-state index in [0.717, 1.165) is 25.4 Å². The highest BCUT2D eigenvalue weighted by molar-refractivity contribution is 7.98. The number of amides is 1. The molecule has 3 atom stereocenters. The van der Waals surface area contributed by atoms with Crippen molar-refractivity contribution in [2.45, 2.75) is 37.3 Å². The van der Waals surface area contributed by atoms with Gasteiger partial charge in [-0.25, -0.2) is 0 Å². The van der Waals surface area contributed by atoms with Crippen LogP contribution in [0.25, 0.3) is 0 Å². The van der Waals surface area contributed by atoms with Crippen LogP contribution in [0.1, 0.15) is 30.7 Å². The van der Waals surface area contributed by atoms with Crippen molar-refractivity contribution in [3.05, 3.63) is 29.8 Å². The molecule has 1 amide bonds. The zero-order valence-electron chi connectivity index (χ0n) is 14.2. The lowest BCUT2D eigenvalue weighted by atomic mass is 9.75. The first kappa shape index (κ1) is 16.3. The summed E-state index contributed by atoms with van der Waals surface area (Å²) in [6.45, 7) is 3.13. The Balaban J connectivity index is 1.65. The van der Waals surface area contributed by atoms with Gasteiger partial charge in [0.2, 0.25) is 5.91 Å². The Labute approximate surface area is 148 Å². The third-order valence-electron chi connectivity index (χ3n) is 6.13. The zero-order valence-corrected chi connectivity index (χ0v) is 15.0. The van der Waals surface area contributed by atoms with Gasteiger partial charge in [-0.1, -0.05) is 12.1 Å². The van der Waals surface area contributed by atoms with Crippen LogP contribution in [0.5, 0.6) is 5.75 Å². The minimum Gasteiger partial charge on any atom is -0.508 e. The van der Waals surface area contributed by atoms with Crippen LogP contribution >= 0.6 is 11.8 Å². The molecule has 2 bridgehead atoms. The number of phenolic OH excluding ortho intramolecular Hbond substituents is 1. The molecular formula is C19H26N2O2S. The average Bonchev–Trinajstić information content (AvgIpc) is 3.03. The summed E-state index contributed by atoms with van der Waals surface area (Å²) in [5, 5.41) is 9.90. The molecule has 0 aromatic heterocycles. The summed E-state index contributed by atoms with van der Waals surface area (Å²) in [7, 11) is 0. The molecule has 24 heavy (non-hydrogen) atoms. The summed E-state index contributed by atoms with van der Waals surface area (Å²) in [5.74, 6) is 2.52. The lowest BCUT2D eigenvalue weighted by Crippen LogP contribution is -2.60. The predicted molar refractivity (Wildman–Crippen MR) is 97.4 cm³/mol. The van der Waals surface area contributed by atoms with E-state index in [0.29, 0.717) is 42.0 Å². The fourth-order valence-corrected chi connectivity index (χ4v) is 5.46. The van der Waals surface area contributed by atoms with E-state index in [1.165, 1.54) is 18.4 Å². The summed E-state index contributed by atoms with van der Waals surface area (Å²) in [4.78, 5) is 17.6. The number of piperidine rings is 3. The number of carbonyl (C=O) groups excluding carboxylic acids is 1. The van der Waals surface area contributed by atoms with E-state index in [1.54, 1.807) is 17.8 Å². The Bertz CT molecular complexity index is 615. The van der Waals surface area contributed by atoms with Gasteiger partial charge in [0.15, 0.2) is 0 Å². The second kappa shape index (κ2) is 6.60. The molecule has 1 N–H and O–H groups in total. The van der Waals surface area contributed by atoms with Crippen molar-refractivity contribution in [2.75, 3.05) is 31.6 Å². The average molecular weight is 346 g/mol. The fourth-order valence-electron chi connectivity index (χ4n) is 5.09. The van der Waals surface area contributed by atoms with Crippen LogP contribution in [0.4, 0.5) is 0 Å². The number of carbonyl (C=O) groups is 1. The first-order chi connectivity index (χ1) is 11.7. The molecule has 0 spiro atoms. The van der Waals surface area contributed by atoms with Crippen LogP contribution in [0.15, 0.2) is 24.3 Å². The third-order valence-corrected chi connectivity index (χ3v) is 6.75. The summed E-state index contributed by atoms with van der Waals surface area (Å²) < 4.78 is 0. The zero-order chi connectivity index (χ0) is 16.7. The molecule has 4 heterocycles. The minimum atomic E-state index is 0.316. The smallest absolute Gasteiger partial charge is 0.223 e. The van der Waals surface area contributed by atoms with E-state index in [4.69, 9.17) is 0 Å². The van der Waals surface area contributed by atoms with Crippen LogP contribution < -0.4 is 0 Å². The monoisotopic (exact) mass is 346 g/mol. The topological polar surface area (TPSA) is 43.8 Å². The van der Waals surface area contributed by atoms with Crippen molar-refractivity contribution in [1.82, 2.24) is 9.80 Å². The normalized spacial score (nSPS) is 34.4. The largest absolute Gasteiger partial charge is 0.508 e. The van der Waals surface area contributed by atoms with Crippen molar-refractivity contribution in [3.63, 3.8) is 0 Å². The lowest BCUT2D eigenvalue weighted by Gasteiger charge is -2.51. The fraction of sp³-hybridized carbons (Fsp3) is 0.632. The summed E-state index contributed by atoms with van der Waals surface area (Å²) >= 11 is 1.74. The Morgan fingerprint density at radius 3 is 2.79 bits per heavy atom. The molecular weight excluding hydrogens is 320 g/mol. The third kappa shape index (κ3) is 2.72. The van der Waals surface area contributed by atoms with Gasteiger partial charge in [-0.2, -0.15) is 11.8 Å². The highest BCUT2D eigenvalue weighted by Crippen LogP contribution is 2.47. The van der Waals surface area contributed by atoms with Gasteiger partial charge in [0.25, 0.3) is 0 Å². The van der Waals surface area contributed by atoms with Gasteiger partial charge in [-0.3, -0.25) is 9.69 Å². The molecule has 1 aromatic carbocycles. The standard InChI is InChI=1S/C19H26N2O2S/c1-24-10-7-17(23)21-12-16(14-3-2-4-15(22)11-14)19-18(21)13-5-8-20(19)9-6-13/h2-4,11,13,16,18-19,22H,5-10,12H2,1H3/t16-,18+,19+/m1/s1. The molecule has 0 saturated carbocycles. The van der Waals surface area contributed by atoms with Gasteiger partial charge in [0.1, 0.15) is 5.75 Å². The molecule has 5 heteroatoms. The molecule has 0 radical (unpaired) electrons. The van der Waals surface area contributed by atoms with E-state index in [-0.39, 0.29) is 0 Å². The van der Waals surface area contributed by atoms with Crippen molar-refractivity contribution in [2.24, 2.45) is 5.92 Å². The molecule has 4 aliphatic heterocycles. The summed E-state index contributed by atoms with van der Waals surface area (Å²) in [6.07, 6.45) is 5.15. The molecule has 4 aliphatic rings. The van der Waals surface area contributed by atoms with Crippen LogP contribution in [0, 0.1) is 5.92 Å². The van der Waals surface area contributed by atoms with Crippen LogP contribution in [-0.4, -0.2) is 64.5 Å². The molecule has 4 saturated heterocycles. The van der Waals surface area contributed by atoms with Crippen LogP contribution in [-0.2, 0) is 4.79 Å². The number of thioether (sulfide) groups is 1. The first-order valence-corrected chi connectivity index (χ1v) is 10.4. The highest BCUT2D eigenvalue weighted by Gasteiger charge is 2.54. The Kier molecular flexibility index (Phi) is 4.48. The number of aromatic hydroxyl groups is 1. The highest BCUT2D eigenvalue weighted by atomic mass is 32.2. The van der Waals surface area contributed by atoms with Gasteiger partial charge in [-0.05, 0) is 55.8 Å². The van der Waals surface area contributed by atoms with Gasteiger partial charge in [-0.15, -0.1) is 0 Å². The number of likely N-dealkylation sites (tertiary alicyclic amines) is 1. The van der Waals surface area contributed by atoms with Gasteiger partial charge < -0.3 is 10.0 Å². The quantitative estimate of drug-likeness (QED) is 0.910. The van der Waals surface area contributed by atoms with Crippen molar-refractivity contribution in [1.29, 1.82) is 0 Å². The Hall–Kier alpha value is -1.20. The van der Waals surface area contributed by atoms with E-state index in [1.807, 2.05) is 12.1 Å². The number of fused-ring (bicyclic) bond motifs is 2. The van der Waals surface area contributed by atoms with Gasteiger partial charge in [0.05, 0.1) is 6.04 Å². The van der Waals surface area contributed by atoms with Crippen molar-refractivity contribution >= 4 is 17.7 Å². The number of benzene rings is 1. The second-order valence-corrected chi connectivity index (χ2v) is 8.33. The molecule has 4 nitrogen and oxygen atoms in total. The Morgan fingerprint density at radius 2 is 2.08 bits per heavy atom. The number of hydrogen-bond donors (Lipinski definition) is 1. The van der Waals surface area contributed by atoms with E-state index in [2.05, 4.69) is 22.1 Å². The molecule has 0 aliphatic carbocycles. The summed E-state index contributed by atoms with van der Waals surface area (Å²) in [6, 6.07) is 8.45. The van der Waals surface area contributed by atoms with E-state index < -0.39 is 0 Å². The van der Waals surface area contributed by atoms with Crippen molar-refractivity contribution in [3.8, 4) is 5.75 Å². The predicted octanol–water partition coefficient (Wildman–Crippen LogP) is 2.53.